The van der Waals surface area contributed by atoms with Crippen LogP contribution in [0.4, 0.5) is 0 Å². The molecule has 8 aromatic rings. The molecule has 0 saturated carbocycles. The molecule has 0 spiro atoms. The molecule has 5 aromatic heterocycles. The first-order valence-electron chi connectivity index (χ1n) is 43.2. The van der Waals surface area contributed by atoms with Gasteiger partial charge in [-0.05, 0) is 352 Å². The molecule has 0 unspecified atom stereocenters. The number of unbranched alkanes of at least 4 members (excludes halogenated alkanes) is 18. The number of esters is 2. The van der Waals surface area contributed by atoms with Crippen molar-refractivity contribution < 1.29 is 60.1 Å². The van der Waals surface area contributed by atoms with Gasteiger partial charge in [0.2, 0.25) is 0 Å². The Morgan fingerprint density at radius 2 is 0.742 bits per heavy atom. The summed E-state index contributed by atoms with van der Waals surface area (Å²) in [5.41, 5.74) is 5.49. The first-order valence-corrected chi connectivity index (χ1v) is 56.2. The monoisotopic (exact) mass is 2470 g/mol. The van der Waals surface area contributed by atoms with Crippen LogP contribution in [0.2, 0.25) is 0 Å². The van der Waals surface area contributed by atoms with Crippen molar-refractivity contribution in [2.75, 3.05) is 106 Å². The summed E-state index contributed by atoms with van der Waals surface area (Å²) >= 11 is 42.4. The molecule has 3 aliphatic heterocycles. The van der Waals surface area contributed by atoms with Crippen molar-refractivity contribution in [1.29, 1.82) is 0 Å². The molecule has 3 aliphatic rings. The third kappa shape index (κ3) is 91.5. The number of carbonyl (C=O) groups is 2. The third-order valence-electron chi connectivity index (χ3n) is 16.8. The number of hydrogen-bond donors (Lipinski definition) is 2. The van der Waals surface area contributed by atoms with Crippen LogP contribution in [0.3, 0.4) is 0 Å². The second kappa shape index (κ2) is 103. The van der Waals surface area contributed by atoms with Crippen molar-refractivity contribution in [1.82, 2.24) is 0 Å². The number of benzene rings is 3. The van der Waals surface area contributed by atoms with Gasteiger partial charge in [-0.3, -0.25) is 9.59 Å². The first-order chi connectivity index (χ1) is 60.3. The van der Waals surface area contributed by atoms with Crippen LogP contribution in [0.5, 0.6) is 34.5 Å². The fourth-order valence-electron chi connectivity index (χ4n) is 10.2. The van der Waals surface area contributed by atoms with Gasteiger partial charge in [-0.2, -0.15) is 45.3 Å². The summed E-state index contributed by atoms with van der Waals surface area (Å²) in [5.74, 6) is 3.46. The fraction of sp³-hybridized carbons (Fsp3) is 0.574. The summed E-state index contributed by atoms with van der Waals surface area (Å²) in [6.07, 6.45) is 43.1. The van der Waals surface area contributed by atoms with E-state index in [1.165, 1.54) is 247 Å². The molecular formula is C94H143BBr10NO12S6. The number of rotatable bonds is 41. The minimum absolute atomic E-state index is 0. The van der Waals surface area contributed by atoms with E-state index in [0.29, 0.717) is 10.7 Å². The van der Waals surface area contributed by atoms with Crippen LogP contribution in [0, 0.1) is 0 Å². The standard InChI is InChI=1S/C17H22O2S.C13H19BrO2.C10H13Br3S.2C10H15BrS.C7H8O2.C6H12Br2.C4H3BrS.C4H6O3.3C4H8O.CH4.BHNS.BrH/c1-18-16-7-9-17(10-8-16)19-12-5-3-2-4-6-15-11-13-20-14-15;1-15-12-6-8-13(9-7-12)16-11-5-3-2-4-10-14;11-6-4-2-1-3-5-8-7-9(12)14-10(8)13;2*11-7-4-2-1-3-5-10-6-8-12-9-10;1-9-7-4-2-6(8)3-5-7;7-5-3-1-2-4-6-8;5-4-1-2-6-3-4;1-3(5)7-4(2)6;3*1-2-4-5-3-1;;1-2-3;/h7-11,13-14H,2-6,12H2,1H3;6-9H,2-5,10-11H2,1H3;7H,1-6H2;2*6,8-9H,1-5,7H2;2-5,8H,1H3;1-6H2;1-3H;1-2H3;3*1-4H2;1H4;3H;1H/i;;;8T,9T;;;;;;;;;;;. The molecule has 11 rings (SSSR count). The predicted octanol–water partition coefficient (Wildman–Crippen LogP) is 34.4. The zero-order valence-electron chi connectivity index (χ0n) is 75.0. The molecule has 0 atom stereocenters. The molecule has 124 heavy (non-hydrogen) atoms. The summed E-state index contributed by atoms with van der Waals surface area (Å²) in [7, 11) is 9.27. The Labute approximate surface area is 864 Å². The van der Waals surface area contributed by atoms with Gasteiger partial charge in [0.25, 0.3) is 0 Å². The second-order valence-electron chi connectivity index (χ2n) is 27.1. The zero-order chi connectivity index (χ0) is 91.6. The summed E-state index contributed by atoms with van der Waals surface area (Å²) in [6, 6.07) is 32.6. The Hall–Kier alpha value is -1.01. The molecule has 0 amide bonds. The molecule has 1 radical (unpaired) electrons. The number of aromatic hydroxyl groups is 1. The van der Waals surface area contributed by atoms with Crippen LogP contribution in [0.25, 0.3) is 0 Å². The number of alkyl halides is 6. The van der Waals surface area contributed by atoms with Crippen molar-refractivity contribution in [3.8, 4) is 34.5 Å². The van der Waals surface area contributed by atoms with Gasteiger partial charge in [-0.1, -0.05) is 180 Å². The Kier molecular flexibility index (Phi) is 103. The summed E-state index contributed by atoms with van der Waals surface area (Å²) in [5, 5.41) is 29.6. The van der Waals surface area contributed by atoms with E-state index in [9.17, 15) is 9.59 Å². The number of hydrogen-bond acceptors (Lipinski definition) is 19. The average molecular weight is 2490 g/mol. The number of thiol groups is 1. The van der Waals surface area contributed by atoms with Crippen LogP contribution in [-0.2, 0) is 54.2 Å². The molecule has 3 saturated heterocycles. The topological polar surface area (TPSA) is 150 Å². The number of nitrogens with zero attached hydrogens (tertiary/aromatic N) is 1. The Morgan fingerprint density at radius 3 is 0.984 bits per heavy atom. The van der Waals surface area contributed by atoms with Crippen molar-refractivity contribution in [2.45, 2.75) is 240 Å². The second-order valence-corrected chi connectivity index (χ2v) is 39.7. The van der Waals surface area contributed by atoms with E-state index < -0.39 is 11.9 Å². The fourth-order valence-corrected chi connectivity index (χ4v) is 18.6. The first kappa shape index (κ1) is 125. The zero-order valence-corrected chi connectivity index (χ0v) is 93.9. The van der Waals surface area contributed by atoms with Gasteiger partial charge in [0.05, 0.1) is 44.9 Å². The van der Waals surface area contributed by atoms with E-state index in [-0.39, 0.29) is 30.2 Å². The number of thiophene rings is 5. The number of phenolic OH excluding ortho intramolecular Hbond substituents is 1. The van der Waals surface area contributed by atoms with E-state index in [1.54, 1.807) is 90.9 Å². The van der Waals surface area contributed by atoms with Crippen molar-refractivity contribution in [2.24, 2.45) is 4.30 Å². The molecule has 1 N–H and O–H groups in total. The maximum absolute atomic E-state index is 9.81. The normalized spacial score (nSPS) is 11.6. The van der Waals surface area contributed by atoms with Crippen molar-refractivity contribution >= 4 is 249 Å². The van der Waals surface area contributed by atoms with Crippen LogP contribution in [-0.4, -0.2) is 131 Å². The molecule has 705 valence electrons. The molecule has 13 nitrogen and oxygen atoms in total. The van der Waals surface area contributed by atoms with Gasteiger partial charge in [0.15, 0.2) is 0 Å². The van der Waals surface area contributed by atoms with Crippen LogP contribution >= 0.6 is 230 Å². The van der Waals surface area contributed by atoms with E-state index >= 15 is 0 Å². The molecule has 30 heteroatoms. The quantitative estimate of drug-likeness (QED) is 0.00938. The molecule has 3 fully saturated rings. The van der Waals surface area contributed by atoms with Crippen LogP contribution < -0.4 is 23.7 Å². The van der Waals surface area contributed by atoms with Gasteiger partial charge in [-0.25, -0.2) is 0 Å². The molecule has 0 bridgehead atoms. The predicted molar refractivity (Wildman–Crippen MR) is 582 cm³/mol. The average Bonchev–Trinajstić information content (AvgIpc) is 1.80. The van der Waals surface area contributed by atoms with Gasteiger partial charge in [0, 0.05) is 95.3 Å². The van der Waals surface area contributed by atoms with E-state index in [1.807, 2.05) is 71.4 Å². The Balaban J connectivity index is -0.000000656. The van der Waals surface area contributed by atoms with E-state index in [0.717, 1.165) is 145 Å². The number of phenols is 1. The number of aryl methyl sites for hydroxylation is 4. The van der Waals surface area contributed by atoms with E-state index in [2.05, 4.69) is 213 Å². The summed E-state index contributed by atoms with van der Waals surface area (Å²) < 4.78 is 66.5. The molecule has 3 aromatic carbocycles. The number of ether oxygens (including phenoxy) is 9. The van der Waals surface area contributed by atoms with Crippen molar-refractivity contribution in [3.05, 3.63) is 180 Å². The van der Waals surface area contributed by atoms with Gasteiger partial charge in [0.1, 0.15) is 34.5 Å². The maximum atomic E-state index is 9.81. The van der Waals surface area contributed by atoms with Crippen molar-refractivity contribution in [3.63, 3.8) is 0 Å². The van der Waals surface area contributed by atoms with Gasteiger partial charge < -0.3 is 47.7 Å². The molecule has 0 aliphatic carbocycles. The van der Waals surface area contributed by atoms with E-state index in [4.69, 9.17) is 45.7 Å². The van der Waals surface area contributed by atoms with Gasteiger partial charge >= 0.3 is 36.7 Å². The third-order valence-corrected chi connectivity index (χ3v) is 26.1. The number of methoxy groups -OCH3 is 3. The van der Waals surface area contributed by atoms with Crippen LogP contribution in [0.1, 0.15) is 239 Å². The summed E-state index contributed by atoms with van der Waals surface area (Å²) in [6.45, 7) is 9.96. The Bertz CT molecular complexity index is 3420. The molecular weight excluding hydrogens is 2340 g/mol. The minimum atomic E-state index is -0.562. The number of halogens is 10. The molecule has 8 heterocycles. The summed E-state index contributed by atoms with van der Waals surface area (Å²) in [4.78, 5) is 19.6. The Morgan fingerprint density at radius 1 is 0.435 bits per heavy atom. The van der Waals surface area contributed by atoms with Gasteiger partial charge in [-0.15, -0.1) is 28.3 Å². The van der Waals surface area contributed by atoms with Crippen LogP contribution in [0.15, 0.2) is 162 Å². The number of carbonyl (C=O) groups excluding carboxylic acids is 2. The SMILES string of the molecule is Br.BrCCCCCCBr.BrCCCCCCc1cc(Br)sc1Br.BrCCCCCCc1ccsc1.Brc1ccsc1.C.C1CCOC1.C1CCOC1.C1CCOC1.CC(=O)OC(C)=O.COc1ccc(O)cc1.COc1ccc(OCCCCCCBr)cc1.COc1ccc(OCCCCCCc2ccsc2)cc1.[3H]c1cc(CCCCCCBr)c([3H])s1.[B]=NS.